The van der Waals surface area contributed by atoms with Crippen LogP contribution in [0.1, 0.15) is 38.7 Å². The van der Waals surface area contributed by atoms with E-state index in [0.717, 1.165) is 32.2 Å². The second-order valence-corrected chi connectivity index (χ2v) is 7.37. The molecule has 0 fully saturated rings. The summed E-state index contributed by atoms with van der Waals surface area (Å²) in [7, 11) is 0. The molecule has 4 heteroatoms. The molecule has 2 N–H and O–H groups in total. The van der Waals surface area contributed by atoms with Crippen LogP contribution in [-0.4, -0.2) is 28.9 Å². The van der Waals surface area contributed by atoms with Crippen molar-refractivity contribution in [3.05, 3.63) is 29.8 Å². The Morgan fingerprint density at radius 3 is 2.86 bits per heavy atom. The van der Waals surface area contributed by atoms with E-state index in [1.54, 1.807) is 6.92 Å². The van der Waals surface area contributed by atoms with Crippen molar-refractivity contribution in [1.82, 2.24) is 5.32 Å². The quantitative estimate of drug-likeness (QED) is 0.771. The van der Waals surface area contributed by atoms with Crippen LogP contribution in [0, 0.1) is 5.92 Å². The Morgan fingerprint density at radius 1 is 1.38 bits per heavy atom. The summed E-state index contributed by atoms with van der Waals surface area (Å²) in [6.45, 7) is 5.00. The van der Waals surface area contributed by atoms with Crippen molar-refractivity contribution >= 4 is 17.7 Å². The predicted octanol–water partition coefficient (Wildman–Crippen LogP) is 3.57. The molecular weight excluding hydrogens is 282 g/mol. The highest BCUT2D eigenvalue weighted by Gasteiger charge is 2.21. The van der Waals surface area contributed by atoms with Crippen LogP contribution in [-0.2, 0) is 11.2 Å². The number of benzene rings is 1. The number of carboxylic acids is 1. The average molecular weight is 307 g/mol. The molecule has 0 radical (unpaired) electrons. The number of carbonyl (C=O) groups is 1. The van der Waals surface area contributed by atoms with Gasteiger partial charge < -0.3 is 10.4 Å². The fourth-order valence-corrected chi connectivity index (χ4v) is 3.92. The molecule has 3 nitrogen and oxygen atoms in total. The van der Waals surface area contributed by atoms with Gasteiger partial charge in [0.25, 0.3) is 0 Å². The topological polar surface area (TPSA) is 49.3 Å². The lowest BCUT2D eigenvalue weighted by Crippen LogP contribution is -2.32. The van der Waals surface area contributed by atoms with Gasteiger partial charge in [-0.1, -0.05) is 31.5 Å². The van der Waals surface area contributed by atoms with Gasteiger partial charge in [-0.25, -0.2) is 0 Å². The number of hydrogen-bond donors (Lipinski definition) is 2. The van der Waals surface area contributed by atoms with Crippen LogP contribution in [0.25, 0.3) is 0 Å². The number of rotatable bonds is 8. The maximum atomic E-state index is 10.8. The lowest BCUT2D eigenvalue weighted by molar-refractivity contribution is -0.141. The third-order valence-electron chi connectivity index (χ3n) is 4.10. The van der Waals surface area contributed by atoms with Crippen LogP contribution in [0.5, 0.6) is 0 Å². The second kappa shape index (κ2) is 7.85. The fourth-order valence-electron chi connectivity index (χ4n) is 2.66. The van der Waals surface area contributed by atoms with Crippen molar-refractivity contribution in [2.24, 2.45) is 5.92 Å². The Kier molecular flexibility index (Phi) is 6.12. The average Bonchev–Trinajstić information content (AvgIpc) is 2.87. The lowest BCUT2D eigenvalue weighted by atomic mass is 10.0. The maximum Gasteiger partial charge on any atom is 0.306 e. The monoisotopic (exact) mass is 307 g/mol. The zero-order chi connectivity index (χ0) is 15.2. The van der Waals surface area contributed by atoms with Gasteiger partial charge in [0, 0.05) is 22.7 Å². The molecule has 0 amide bonds. The summed E-state index contributed by atoms with van der Waals surface area (Å²) in [4.78, 5) is 12.2. The first kappa shape index (κ1) is 16.4. The van der Waals surface area contributed by atoms with E-state index in [2.05, 4.69) is 36.5 Å². The van der Waals surface area contributed by atoms with Crippen molar-refractivity contribution in [2.75, 3.05) is 6.54 Å². The number of hydrogen-bond acceptors (Lipinski definition) is 3. The summed E-state index contributed by atoms with van der Waals surface area (Å²) < 4.78 is 0. The van der Waals surface area contributed by atoms with Crippen LogP contribution in [0.15, 0.2) is 29.2 Å². The highest BCUT2D eigenvalue weighted by Crippen LogP contribution is 2.36. The van der Waals surface area contributed by atoms with Gasteiger partial charge in [0.2, 0.25) is 0 Å². The molecule has 0 saturated heterocycles. The number of fused-ring (bicyclic) bond motifs is 1. The molecule has 3 unspecified atom stereocenters. The summed E-state index contributed by atoms with van der Waals surface area (Å²) in [5.74, 6) is -0.909. The molecule has 21 heavy (non-hydrogen) atoms. The Morgan fingerprint density at radius 2 is 2.14 bits per heavy atom. The number of nitrogens with one attached hydrogen (secondary N) is 1. The van der Waals surface area contributed by atoms with Crippen molar-refractivity contribution < 1.29 is 9.90 Å². The third-order valence-corrected chi connectivity index (χ3v) is 5.42. The Labute approximate surface area is 131 Å². The van der Waals surface area contributed by atoms with E-state index in [1.165, 1.54) is 10.5 Å². The molecule has 1 aromatic carbocycles. The van der Waals surface area contributed by atoms with Crippen LogP contribution < -0.4 is 5.32 Å². The van der Waals surface area contributed by atoms with Crippen LogP contribution in [0.3, 0.4) is 0 Å². The van der Waals surface area contributed by atoms with Gasteiger partial charge in [0.1, 0.15) is 0 Å². The minimum atomic E-state index is -0.685. The van der Waals surface area contributed by atoms with Gasteiger partial charge in [-0.05, 0) is 37.8 Å². The highest BCUT2D eigenvalue weighted by atomic mass is 32.2. The molecule has 0 aliphatic carbocycles. The highest BCUT2D eigenvalue weighted by molar-refractivity contribution is 8.00. The minimum Gasteiger partial charge on any atom is -0.481 e. The van der Waals surface area contributed by atoms with Crippen LogP contribution in [0.2, 0.25) is 0 Å². The van der Waals surface area contributed by atoms with Gasteiger partial charge in [-0.15, -0.1) is 11.8 Å². The molecular formula is C17H25NO2S. The zero-order valence-corrected chi connectivity index (χ0v) is 13.7. The molecule has 1 aliphatic rings. The summed E-state index contributed by atoms with van der Waals surface area (Å²) >= 11 is 1.97. The van der Waals surface area contributed by atoms with Gasteiger partial charge in [-0.3, -0.25) is 4.79 Å². The number of carboxylic acid groups (broad SMARTS) is 1. The Bertz CT molecular complexity index is 453. The fraction of sp³-hybridized carbons (Fsp3) is 0.588. The van der Waals surface area contributed by atoms with Crippen molar-refractivity contribution in [3.63, 3.8) is 0 Å². The Hall–Kier alpha value is -1.00. The Balaban J connectivity index is 1.62. The minimum absolute atomic E-state index is 0.225. The standard InChI is InChI=1S/C17H25NO2S/c1-12(17(19)20)6-5-7-13(2)18-11-15-10-14-8-3-4-9-16(14)21-15/h3-4,8-9,12-13,15,18H,5-7,10-11H2,1-2H3,(H,19,20). The summed E-state index contributed by atoms with van der Waals surface area (Å²) in [6.07, 6.45) is 3.93. The summed E-state index contributed by atoms with van der Waals surface area (Å²) in [5, 5.41) is 13.1. The molecule has 0 bridgehead atoms. The molecule has 0 spiro atoms. The van der Waals surface area contributed by atoms with E-state index in [-0.39, 0.29) is 5.92 Å². The molecule has 0 saturated carbocycles. The second-order valence-electron chi connectivity index (χ2n) is 6.03. The van der Waals surface area contributed by atoms with E-state index >= 15 is 0 Å². The van der Waals surface area contributed by atoms with E-state index in [9.17, 15) is 4.79 Å². The SMILES string of the molecule is CC(CCCC(C)C(=O)O)NCC1Cc2ccccc2S1. The van der Waals surface area contributed by atoms with E-state index < -0.39 is 5.97 Å². The molecule has 0 aromatic heterocycles. The lowest BCUT2D eigenvalue weighted by Gasteiger charge is -2.17. The number of aliphatic carboxylic acids is 1. The predicted molar refractivity (Wildman–Crippen MR) is 87.9 cm³/mol. The van der Waals surface area contributed by atoms with E-state index in [1.807, 2.05) is 11.8 Å². The summed E-state index contributed by atoms with van der Waals surface area (Å²) in [6, 6.07) is 9.10. The molecule has 1 aliphatic heterocycles. The van der Waals surface area contributed by atoms with Crippen molar-refractivity contribution in [3.8, 4) is 0 Å². The molecule has 1 heterocycles. The van der Waals surface area contributed by atoms with Crippen molar-refractivity contribution in [2.45, 2.75) is 55.7 Å². The molecule has 116 valence electrons. The van der Waals surface area contributed by atoms with Gasteiger partial charge in [0.05, 0.1) is 5.92 Å². The van der Waals surface area contributed by atoms with Gasteiger partial charge in [-0.2, -0.15) is 0 Å². The summed E-state index contributed by atoms with van der Waals surface area (Å²) in [5.41, 5.74) is 1.47. The largest absolute Gasteiger partial charge is 0.481 e. The van der Waals surface area contributed by atoms with Gasteiger partial charge >= 0.3 is 5.97 Å². The van der Waals surface area contributed by atoms with E-state index in [4.69, 9.17) is 5.11 Å². The molecule has 2 rings (SSSR count). The van der Waals surface area contributed by atoms with Crippen LogP contribution >= 0.6 is 11.8 Å². The van der Waals surface area contributed by atoms with Crippen molar-refractivity contribution in [1.29, 1.82) is 0 Å². The van der Waals surface area contributed by atoms with Gasteiger partial charge in [0.15, 0.2) is 0 Å². The van der Waals surface area contributed by atoms with E-state index in [0.29, 0.717) is 11.3 Å². The smallest absolute Gasteiger partial charge is 0.306 e. The molecule has 3 atom stereocenters. The normalized spacial score (nSPS) is 20.0. The van der Waals surface area contributed by atoms with Crippen LogP contribution in [0.4, 0.5) is 0 Å². The third kappa shape index (κ3) is 5.04. The first-order chi connectivity index (χ1) is 10.1. The zero-order valence-electron chi connectivity index (χ0n) is 12.8. The maximum absolute atomic E-state index is 10.8. The number of thioether (sulfide) groups is 1. The first-order valence-corrected chi connectivity index (χ1v) is 8.65. The first-order valence-electron chi connectivity index (χ1n) is 7.77. The molecule has 1 aromatic rings.